The Kier molecular flexibility index (Phi) is 3.05. The predicted octanol–water partition coefficient (Wildman–Crippen LogP) is -0.362. The van der Waals surface area contributed by atoms with Gasteiger partial charge in [-0.05, 0) is 12.2 Å². The molecule has 4 heteroatoms. The molecule has 58 valence electrons. The summed E-state index contributed by atoms with van der Waals surface area (Å²) in [6.07, 6.45) is 0. The number of aliphatic hydroxyl groups excluding tert-OH is 1. The van der Waals surface area contributed by atoms with Gasteiger partial charge in [0.15, 0.2) is 5.05 Å². The van der Waals surface area contributed by atoms with Crippen molar-refractivity contribution in [3.05, 3.63) is 0 Å². The van der Waals surface area contributed by atoms with E-state index in [1.54, 1.807) is 0 Å². The number of thiocarbonyl (C=S) groups is 1. The first-order valence-electron chi connectivity index (χ1n) is 3.32. The van der Waals surface area contributed by atoms with E-state index >= 15 is 0 Å². The van der Waals surface area contributed by atoms with Gasteiger partial charge < -0.3 is 9.84 Å². The van der Waals surface area contributed by atoms with Crippen LogP contribution in [0.4, 0.5) is 0 Å². The summed E-state index contributed by atoms with van der Waals surface area (Å²) in [6.45, 7) is 3.13. The molecule has 0 spiro atoms. The van der Waals surface area contributed by atoms with E-state index in [4.69, 9.17) is 22.1 Å². The number of morpholine rings is 1. The topological polar surface area (TPSA) is 32.7 Å². The lowest BCUT2D eigenvalue weighted by molar-refractivity contribution is 0.145. The van der Waals surface area contributed by atoms with Gasteiger partial charge in [0.2, 0.25) is 0 Å². The van der Waals surface area contributed by atoms with Gasteiger partial charge in [0.25, 0.3) is 0 Å². The van der Waals surface area contributed by atoms with E-state index in [9.17, 15) is 0 Å². The van der Waals surface area contributed by atoms with Crippen LogP contribution in [0, 0.1) is 0 Å². The number of hydrogen-bond acceptors (Lipinski definition) is 4. The zero-order valence-electron chi connectivity index (χ0n) is 5.75. The van der Waals surface area contributed by atoms with Crippen LogP contribution in [0.25, 0.3) is 0 Å². The van der Waals surface area contributed by atoms with Crippen molar-refractivity contribution >= 4 is 17.3 Å². The summed E-state index contributed by atoms with van der Waals surface area (Å²) >= 11 is 4.85. The number of ether oxygens (including phenoxy) is 1. The Morgan fingerprint density at radius 3 is 3.10 bits per heavy atom. The number of aliphatic hydroxyl groups is 1. The van der Waals surface area contributed by atoms with Crippen molar-refractivity contribution in [3.8, 4) is 0 Å². The smallest absolute Gasteiger partial charge is 0.173 e. The summed E-state index contributed by atoms with van der Waals surface area (Å²) in [5.41, 5.74) is 0. The van der Waals surface area contributed by atoms with E-state index in [0.29, 0.717) is 24.7 Å². The SMILES string of the molecule is OCCN1CCOC(=S)C1. The highest BCUT2D eigenvalue weighted by molar-refractivity contribution is 7.80. The molecule has 0 aliphatic carbocycles. The van der Waals surface area contributed by atoms with Crippen LogP contribution in [0.5, 0.6) is 0 Å². The second kappa shape index (κ2) is 3.85. The lowest BCUT2D eigenvalue weighted by Crippen LogP contribution is -2.40. The summed E-state index contributed by atoms with van der Waals surface area (Å²) in [5.74, 6) is 0. The Labute approximate surface area is 65.6 Å². The van der Waals surface area contributed by atoms with E-state index < -0.39 is 0 Å². The minimum atomic E-state index is 0.197. The Balaban J connectivity index is 2.25. The molecular weight excluding hydrogens is 150 g/mol. The largest absolute Gasteiger partial charge is 0.484 e. The van der Waals surface area contributed by atoms with Crippen LogP contribution in [0.2, 0.25) is 0 Å². The molecule has 0 radical (unpaired) electrons. The summed E-state index contributed by atoms with van der Waals surface area (Å²) in [4.78, 5) is 2.08. The van der Waals surface area contributed by atoms with Gasteiger partial charge >= 0.3 is 0 Å². The van der Waals surface area contributed by atoms with Crippen molar-refractivity contribution in [2.24, 2.45) is 0 Å². The van der Waals surface area contributed by atoms with E-state index in [1.165, 1.54) is 0 Å². The zero-order chi connectivity index (χ0) is 7.40. The standard InChI is InChI=1S/C6H11NO2S/c8-3-1-7-2-4-9-6(10)5-7/h8H,1-5H2. The molecule has 1 aliphatic rings. The minimum absolute atomic E-state index is 0.197. The van der Waals surface area contributed by atoms with Gasteiger partial charge in [0.1, 0.15) is 6.61 Å². The maximum absolute atomic E-state index is 8.58. The molecule has 0 bridgehead atoms. The van der Waals surface area contributed by atoms with Crippen molar-refractivity contribution < 1.29 is 9.84 Å². The monoisotopic (exact) mass is 161 g/mol. The van der Waals surface area contributed by atoms with Crippen LogP contribution in [0.1, 0.15) is 0 Å². The van der Waals surface area contributed by atoms with Gasteiger partial charge in [-0.25, -0.2) is 0 Å². The Bertz CT molecular complexity index is 127. The van der Waals surface area contributed by atoms with Crippen LogP contribution in [-0.2, 0) is 4.74 Å². The molecular formula is C6H11NO2S. The summed E-state index contributed by atoms with van der Waals surface area (Å²) in [7, 11) is 0. The highest BCUT2D eigenvalue weighted by Crippen LogP contribution is 1.98. The average molecular weight is 161 g/mol. The summed E-state index contributed by atoms with van der Waals surface area (Å²) in [6, 6.07) is 0. The number of rotatable bonds is 2. The maximum Gasteiger partial charge on any atom is 0.173 e. The van der Waals surface area contributed by atoms with Gasteiger partial charge in [-0.1, -0.05) is 0 Å². The molecule has 0 aromatic heterocycles. The van der Waals surface area contributed by atoms with Gasteiger partial charge in [-0.3, -0.25) is 4.90 Å². The molecule has 1 saturated heterocycles. The highest BCUT2D eigenvalue weighted by atomic mass is 32.1. The zero-order valence-corrected chi connectivity index (χ0v) is 6.56. The molecule has 10 heavy (non-hydrogen) atoms. The van der Waals surface area contributed by atoms with Crippen LogP contribution in [-0.4, -0.2) is 47.9 Å². The first kappa shape index (κ1) is 7.91. The molecule has 3 nitrogen and oxygen atoms in total. The number of hydrogen-bond donors (Lipinski definition) is 1. The van der Waals surface area contributed by atoms with Crippen molar-refractivity contribution in [3.63, 3.8) is 0 Å². The molecule has 1 aliphatic heterocycles. The van der Waals surface area contributed by atoms with Crippen molar-refractivity contribution in [2.45, 2.75) is 0 Å². The average Bonchev–Trinajstić information content (AvgIpc) is 1.88. The van der Waals surface area contributed by atoms with E-state index in [1.807, 2.05) is 0 Å². The van der Waals surface area contributed by atoms with E-state index in [2.05, 4.69) is 4.90 Å². The molecule has 0 aromatic rings. The number of nitrogens with zero attached hydrogens (tertiary/aromatic N) is 1. The third-order valence-electron chi connectivity index (χ3n) is 1.44. The van der Waals surface area contributed by atoms with Crippen LogP contribution < -0.4 is 0 Å². The molecule has 1 N–H and O–H groups in total. The quantitative estimate of drug-likeness (QED) is 0.561. The van der Waals surface area contributed by atoms with Crippen LogP contribution in [0.15, 0.2) is 0 Å². The highest BCUT2D eigenvalue weighted by Gasteiger charge is 2.13. The summed E-state index contributed by atoms with van der Waals surface area (Å²) in [5, 5.41) is 9.22. The summed E-state index contributed by atoms with van der Waals surface area (Å²) < 4.78 is 5.06. The fourth-order valence-electron chi connectivity index (χ4n) is 0.928. The molecule has 1 rings (SSSR count). The second-order valence-electron chi connectivity index (χ2n) is 2.22. The second-order valence-corrected chi connectivity index (χ2v) is 2.68. The fourth-order valence-corrected chi connectivity index (χ4v) is 1.19. The Morgan fingerprint density at radius 2 is 2.50 bits per heavy atom. The molecule has 0 saturated carbocycles. The maximum atomic E-state index is 8.58. The Morgan fingerprint density at radius 1 is 1.70 bits per heavy atom. The predicted molar refractivity (Wildman–Crippen MR) is 42.1 cm³/mol. The molecule has 0 atom stereocenters. The van der Waals surface area contributed by atoms with Gasteiger partial charge in [-0.15, -0.1) is 0 Å². The van der Waals surface area contributed by atoms with E-state index in [-0.39, 0.29) is 6.61 Å². The van der Waals surface area contributed by atoms with Crippen molar-refractivity contribution in [2.75, 3.05) is 32.8 Å². The third kappa shape index (κ3) is 2.21. The first-order chi connectivity index (χ1) is 4.83. The lowest BCUT2D eigenvalue weighted by Gasteiger charge is -2.26. The lowest BCUT2D eigenvalue weighted by atomic mass is 10.4. The van der Waals surface area contributed by atoms with Gasteiger partial charge in [0, 0.05) is 13.1 Å². The van der Waals surface area contributed by atoms with Crippen molar-refractivity contribution in [1.82, 2.24) is 4.90 Å². The van der Waals surface area contributed by atoms with Gasteiger partial charge in [0.05, 0.1) is 13.2 Å². The molecule has 0 aromatic carbocycles. The molecule has 1 fully saturated rings. The number of β-amino-alcohol motifs (C(OH)–C–C–N with tert-alkyl or cyclic N) is 1. The van der Waals surface area contributed by atoms with E-state index in [0.717, 1.165) is 6.54 Å². The first-order valence-corrected chi connectivity index (χ1v) is 3.72. The fraction of sp³-hybridized carbons (Fsp3) is 0.833. The minimum Gasteiger partial charge on any atom is -0.484 e. The van der Waals surface area contributed by atoms with Gasteiger partial charge in [-0.2, -0.15) is 0 Å². The van der Waals surface area contributed by atoms with Crippen LogP contribution in [0.3, 0.4) is 0 Å². The normalized spacial score (nSPS) is 20.7. The van der Waals surface area contributed by atoms with Crippen LogP contribution >= 0.6 is 12.2 Å². The molecule has 0 unspecified atom stereocenters. The molecule has 0 amide bonds. The Hall–Kier alpha value is -0.190. The third-order valence-corrected chi connectivity index (χ3v) is 1.69. The molecule has 1 heterocycles. The van der Waals surface area contributed by atoms with Crippen molar-refractivity contribution in [1.29, 1.82) is 0 Å².